The van der Waals surface area contributed by atoms with Crippen LogP contribution in [0.1, 0.15) is 48.3 Å². The van der Waals surface area contributed by atoms with Crippen LogP contribution in [0, 0.1) is 0 Å². The zero-order valence-corrected chi connectivity index (χ0v) is 35.8. The Labute approximate surface area is 366 Å². The van der Waals surface area contributed by atoms with Crippen molar-refractivity contribution in [2.24, 2.45) is 0 Å². The predicted octanol–water partition coefficient (Wildman–Crippen LogP) is 0.658. The van der Waals surface area contributed by atoms with E-state index in [1.54, 1.807) is 13.8 Å². The van der Waals surface area contributed by atoms with Gasteiger partial charge >= 0.3 is 0 Å². The molecule has 0 amide bonds. The lowest BCUT2D eigenvalue weighted by Gasteiger charge is -2.41. The van der Waals surface area contributed by atoms with Gasteiger partial charge in [-0.3, -0.25) is 0 Å². The van der Waals surface area contributed by atoms with Crippen LogP contribution >= 0.6 is 0 Å². The second-order valence-electron chi connectivity index (χ2n) is 16.3. The molecule has 0 radical (unpaired) electrons. The molecule has 4 heterocycles. The maximum Gasteiger partial charge on any atom is 0.229 e. The first-order valence-corrected chi connectivity index (χ1v) is 20.7. The van der Waals surface area contributed by atoms with Crippen LogP contribution in [0.25, 0.3) is 32.7 Å². The number of aromatic hydroxyl groups is 2. The fourth-order valence-electron chi connectivity index (χ4n) is 9.39. The second-order valence-corrected chi connectivity index (χ2v) is 16.3. The lowest BCUT2D eigenvalue weighted by Crippen LogP contribution is -2.60. The van der Waals surface area contributed by atoms with Crippen molar-refractivity contribution in [3.8, 4) is 45.6 Å². The summed E-state index contributed by atoms with van der Waals surface area (Å²) in [6.45, 7) is 1.73. The van der Waals surface area contributed by atoms with Gasteiger partial charge in [0.15, 0.2) is 0 Å². The Morgan fingerprint density at radius 2 is 0.938 bits per heavy atom. The van der Waals surface area contributed by atoms with Crippen LogP contribution in [0.4, 0.5) is 0 Å². The predicted molar refractivity (Wildman–Crippen MR) is 220 cm³/mol. The molecule has 0 aliphatic carbocycles. The minimum absolute atomic E-state index is 0.0334. The van der Waals surface area contributed by atoms with Crippen molar-refractivity contribution in [2.45, 2.75) is 113 Å². The maximum atomic E-state index is 12.1. The average Bonchev–Trinajstić information content (AvgIpc) is 3.29. The Kier molecular flexibility index (Phi) is 13.1. The SMILES string of the molecule is COc1cc(OC2OC(CO)C(OC)C(O)C2O)cc2c(-c3c4c(c(O)c5c(OC)cc(OC6OC(CO)C(OC)C(O)C6O)cc35)CO[C@@H](C)[C@H]4O)c3c(c(O)c12)CO[C@@H](C)[C@H]3O. The molecule has 14 atom stereocenters. The first-order valence-electron chi connectivity index (χ1n) is 20.7. The number of hydrogen-bond acceptors (Lipinski definition) is 20. The monoisotopic (exact) mass is 902 g/mol. The maximum absolute atomic E-state index is 12.1. The molecule has 4 aromatic carbocycles. The van der Waals surface area contributed by atoms with Gasteiger partial charge in [-0.05, 0) is 37.1 Å². The third-order valence-corrected chi connectivity index (χ3v) is 12.8. The number of phenolic OH excluding ortho intramolecular Hbond substituents is 2. The molecule has 64 heavy (non-hydrogen) atoms. The molecule has 2 fully saturated rings. The molecular weight excluding hydrogens is 848 g/mol. The first kappa shape index (κ1) is 46.2. The standard InChI is InChI=1S/C44H54O20/c1-15-33(47)31-21(13-59-15)35(49)27-19(7-17(9-23(27)55-3)61-43-39(53)37(51)41(57-5)25(11-45)63-43)29(31)30-20-8-18(62-44-40(54)38(52)42(58-6)26(12-46)64-44)10-24(56-4)28(20)36(50)22-14-60-16(2)34(48)32(22)30/h7-10,15-16,25-26,33-34,37-54H,11-14H2,1-6H3/t15-,16-,25?,26?,33+,34+,37?,38?,39?,40?,41?,42?,43?,44?/m0/s1. The van der Waals surface area contributed by atoms with Gasteiger partial charge in [0.2, 0.25) is 12.6 Å². The molecular formula is C44H54O20. The molecule has 4 aliphatic rings. The van der Waals surface area contributed by atoms with Crippen molar-refractivity contribution in [3.05, 3.63) is 46.5 Å². The molecule has 20 heteroatoms. The van der Waals surface area contributed by atoms with E-state index in [0.29, 0.717) is 0 Å². The highest BCUT2D eigenvalue weighted by molar-refractivity contribution is 6.15. The summed E-state index contributed by atoms with van der Waals surface area (Å²) < 4.78 is 58.3. The van der Waals surface area contributed by atoms with Crippen LogP contribution in [0.3, 0.4) is 0 Å². The minimum atomic E-state index is -1.68. The van der Waals surface area contributed by atoms with Gasteiger partial charge in [0.25, 0.3) is 0 Å². The first-order chi connectivity index (χ1) is 30.6. The minimum Gasteiger partial charge on any atom is -0.507 e. The summed E-state index contributed by atoms with van der Waals surface area (Å²) in [4.78, 5) is 0. The number of hydrogen-bond donors (Lipinski definition) is 10. The van der Waals surface area contributed by atoms with Gasteiger partial charge < -0.3 is 98.4 Å². The number of aliphatic hydroxyl groups excluding tert-OH is 8. The zero-order valence-electron chi connectivity index (χ0n) is 35.8. The van der Waals surface area contributed by atoms with Crippen LogP contribution < -0.4 is 18.9 Å². The van der Waals surface area contributed by atoms with E-state index < -0.39 is 99.0 Å². The topological polar surface area (TPSA) is 295 Å². The normalized spacial score (nSPS) is 32.8. The van der Waals surface area contributed by atoms with Gasteiger partial charge in [-0.25, -0.2) is 0 Å². The number of phenols is 2. The average molecular weight is 903 g/mol. The van der Waals surface area contributed by atoms with Crippen molar-refractivity contribution in [1.82, 2.24) is 0 Å². The largest absolute Gasteiger partial charge is 0.507 e. The van der Waals surface area contributed by atoms with E-state index >= 15 is 0 Å². The third-order valence-electron chi connectivity index (χ3n) is 12.8. The highest BCUT2D eigenvalue weighted by atomic mass is 16.7. The van der Waals surface area contributed by atoms with Crippen molar-refractivity contribution < 1.29 is 98.4 Å². The summed E-state index contributed by atoms with van der Waals surface area (Å²) in [5, 5.41) is 113. The fourth-order valence-corrected chi connectivity index (χ4v) is 9.39. The zero-order chi connectivity index (χ0) is 46.0. The Bertz CT molecular complexity index is 2210. The van der Waals surface area contributed by atoms with Crippen LogP contribution in [0.2, 0.25) is 0 Å². The van der Waals surface area contributed by atoms with E-state index in [1.165, 1.54) is 52.7 Å². The smallest absolute Gasteiger partial charge is 0.229 e. The van der Waals surface area contributed by atoms with Crippen LogP contribution in [0.5, 0.6) is 34.5 Å². The molecule has 0 spiro atoms. The number of rotatable bonds is 11. The molecule has 10 N–H and O–H groups in total. The fraction of sp³-hybridized carbons (Fsp3) is 0.545. The summed E-state index contributed by atoms with van der Waals surface area (Å²) in [5.74, 6) is -0.634. The summed E-state index contributed by atoms with van der Waals surface area (Å²) >= 11 is 0. The number of benzene rings is 4. The molecule has 2 saturated heterocycles. The molecule has 0 saturated carbocycles. The van der Waals surface area contributed by atoms with Crippen molar-refractivity contribution in [2.75, 3.05) is 41.7 Å². The highest BCUT2D eigenvalue weighted by Crippen LogP contribution is 2.57. The molecule has 0 bridgehead atoms. The molecule has 0 aromatic heterocycles. The molecule has 20 nitrogen and oxygen atoms in total. The Hall–Kier alpha value is -4.36. The third kappa shape index (κ3) is 7.44. The summed E-state index contributed by atoms with van der Waals surface area (Å²) in [6, 6.07) is 5.76. The van der Waals surface area contributed by atoms with Crippen molar-refractivity contribution in [1.29, 1.82) is 0 Å². The van der Waals surface area contributed by atoms with Crippen LogP contribution in [0.15, 0.2) is 24.3 Å². The van der Waals surface area contributed by atoms with E-state index in [2.05, 4.69) is 0 Å². The molecule has 10 unspecified atom stereocenters. The van der Waals surface area contributed by atoms with Gasteiger partial charge in [-0.2, -0.15) is 0 Å². The molecule has 4 aromatic rings. The number of fused-ring (bicyclic) bond motifs is 4. The lowest BCUT2D eigenvalue weighted by atomic mass is 9.77. The number of aliphatic hydroxyl groups is 8. The van der Waals surface area contributed by atoms with Crippen molar-refractivity contribution >= 4 is 21.5 Å². The van der Waals surface area contributed by atoms with Crippen LogP contribution in [-0.4, -0.2) is 166 Å². The van der Waals surface area contributed by atoms with E-state index in [4.69, 9.17) is 47.4 Å². The highest BCUT2D eigenvalue weighted by Gasteiger charge is 2.48. The number of methoxy groups -OCH3 is 4. The van der Waals surface area contributed by atoms with Gasteiger partial charge in [0.1, 0.15) is 95.5 Å². The quantitative estimate of drug-likeness (QED) is 0.0989. The Morgan fingerprint density at radius 1 is 0.562 bits per heavy atom. The molecule has 4 aliphatic heterocycles. The lowest BCUT2D eigenvalue weighted by molar-refractivity contribution is -0.281. The van der Waals surface area contributed by atoms with Gasteiger partial charge in [0, 0.05) is 59.4 Å². The molecule has 350 valence electrons. The summed E-state index contributed by atoms with van der Waals surface area (Å²) in [5.41, 5.74) is 1.09. The second kappa shape index (κ2) is 18.1. The van der Waals surface area contributed by atoms with Gasteiger partial charge in [0.05, 0.1) is 63.6 Å². The van der Waals surface area contributed by atoms with E-state index in [1.807, 2.05) is 0 Å². The Morgan fingerprint density at radius 3 is 1.27 bits per heavy atom. The van der Waals surface area contributed by atoms with Gasteiger partial charge in [-0.1, -0.05) is 0 Å². The van der Waals surface area contributed by atoms with Gasteiger partial charge in [-0.15, -0.1) is 0 Å². The van der Waals surface area contributed by atoms with Crippen LogP contribution in [-0.2, 0) is 41.6 Å². The summed E-state index contributed by atoms with van der Waals surface area (Å²) in [7, 11) is 5.26. The van der Waals surface area contributed by atoms with Crippen molar-refractivity contribution in [3.63, 3.8) is 0 Å². The Balaban J connectivity index is 1.44. The van der Waals surface area contributed by atoms with E-state index in [-0.39, 0.29) is 103 Å². The van der Waals surface area contributed by atoms with E-state index in [9.17, 15) is 51.1 Å². The summed E-state index contributed by atoms with van der Waals surface area (Å²) in [6.07, 6.45) is -18.5. The number of ether oxygens (including phenoxy) is 10. The molecule has 8 rings (SSSR count). The van der Waals surface area contributed by atoms with E-state index in [0.717, 1.165) is 0 Å².